The van der Waals surface area contributed by atoms with Crippen LogP contribution in [0.5, 0.6) is 17.2 Å². The van der Waals surface area contributed by atoms with E-state index in [1.807, 2.05) is 29.2 Å². The summed E-state index contributed by atoms with van der Waals surface area (Å²) < 4.78 is 11.1. The van der Waals surface area contributed by atoms with E-state index in [0.29, 0.717) is 36.2 Å². The number of rotatable bonds is 2. The quantitative estimate of drug-likeness (QED) is 0.913. The van der Waals surface area contributed by atoms with Crippen molar-refractivity contribution >= 4 is 5.91 Å². The topological polar surface area (TPSA) is 59.0 Å². The van der Waals surface area contributed by atoms with Crippen LogP contribution < -0.4 is 9.47 Å². The Morgan fingerprint density at radius 1 is 0.960 bits per heavy atom. The summed E-state index contributed by atoms with van der Waals surface area (Å²) in [6.45, 7) is 2.53. The first-order valence-electron chi connectivity index (χ1n) is 8.68. The zero-order chi connectivity index (χ0) is 17.2. The molecule has 4 rings (SSSR count). The van der Waals surface area contributed by atoms with E-state index in [9.17, 15) is 9.90 Å². The molecule has 2 heterocycles. The molecule has 0 radical (unpaired) electrons. The summed E-state index contributed by atoms with van der Waals surface area (Å²) in [7, 11) is 0. The Balaban J connectivity index is 1.42. The summed E-state index contributed by atoms with van der Waals surface area (Å²) in [4.78, 5) is 14.7. The second-order valence-electron chi connectivity index (χ2n) is 6.52. The lowest BCUT2D eigenvalue weighted by molar-refractivity contribution is 0.0712. The highest BCUT2D eigenvalue weighted by Gasteiger charge is 2.25. The van der Waals surface area contributed by atoms with E-state index < -0.39 is 0 Å². The Morgan fingerprint density at radius 2 is 1.64 bits per heavy atom. The molecule has 1 amide bonds. The Labute approximate surface area is 146 Å². The molecule has 0 bridgehead atoms. The van der Waals surface area contributed by atoms with Crippen molar-refractivity contribution in [2.45, 2.75) is 18.8 Å². The number of aromatic hydroxyl groups is 1. The van der Waals surface area contributed by atoms with Crippen LogP contribution in [0.4, 0.5) is 0 Å². The van der Waals surface area contributed by atoms with Crippen molar-refractivity contribution in [3.05, 3.63) is 53.6 Å². The molecule has 25 heavy (non-hydrogen) atoms. The lowest BCUT2D eigenvalue weighted by Gasteiger charge is -2.32. The normalized spacial score (nSPS) is 17.4. The smallest absolute Gasteiger partial charge is 0.253 e. The lowest BCUT2D eigenvalue weighted by Crippen LogP contribution is -2.38. The van der Waals surface area contributed by atoms with Crippen LogP contribution in [-0.4, -0.2) is 42.2 Å². The third-order valence-electron chi connectivity index (χ3n) is 4.94. The first-order chi connectivity index (χ1) is 12.2. The molecule has 2 aliphatic rings. The highest BCUT2D eigenvalue weighted by molar-refractivity contribution is 5.95. The molecule has 2 aliphatic heterocycles. The average molecular weight is 339 g/mol. The van der Waals surface area contributed by atoms with Crippen LogP contribution >= 0.6 is 0 Å². The molecular formula is C20H21NO4. The number of piperidine rings is 1. The van der Waals surface area contributed by atoms with Gasteiger partial charge in [0.2, 0.25) is 0 Å². The van der Waals surface area contributed by atoms with Crippen LogP contribution in [0.3, 0.4) is 0 Å². The lowest BCUT2D eigenvalue weighted by atomic mass is 9.89. The van der Waals surface area contributed by atoms with E-state index in [0.717, 1.165) is 25.9 Å². The van der Waals surface area contributed by atoms with Crippen molar-refractivity contribution in [3.8, 4) is 17.2 Å². The van der Waals surface area contributed by atoms with E-state index in [4.69, 9.17) is 9.47 Å². The molecule has 5 nitrogen and oxygen atoms in total. The summed E-state index contributed by atoms with van der Waals surface area (Å²) >= 11 is 0. The molecule has 1 fully saturated rings. The fourth-order valence-electron chi connectivity index (χ4n) is 3.52. The van der Waals surface area contributed by atoms with E-state index in [2.05, 4.69) is 0 Å². The van der Waals surface area contributed by atoms with Gasteiger partial charge in [0.1, 0.15) is 19.0 Å². The van der Waals surface area contributed by atoms with Crippen molar-refractivity contribution in [1.82, 2.24) is 4.90 Å². The van der Waals surface area contributed by atoms with Gasteiger partial charge in [-0.2, -0.15) is 0 Å². The van der Waals surface area contributed by atoms with Crippen molar-refractivity contribution in [2.24, 2.45) is 0 Å². The van der Waals surface area contributed by atoms with Crippen LogP contribution in [0.2, 0.25) is 0 Å². The van der Waals surface area contributed by atoms with Gasteiger partial charge in [0.25, 0.3) is 5.91 Å². The molecule has 2 aromatic carbocycles. The predicted octanol–water partition coefficient (Wildman–Crippen LogP) is 3.18. The molecular weight excluding hydrogens is 318 g/mol. The number of phenols is 1. The number of carbonyl (C=O) groups excluding carboxylic acids is 1. The van der Waals surface area contributed by atoms with Crippen molar-refractivity contribution < 1.29 is 19.4 Å². The number of fused-ring (bicyclic) bond motifs is 1. The Bertz CT molecular complexity index is 764. The van der Waals surface area contributed by atoms with E-state index in [1.165, 1.54) is 5.56 Å². The third kappa shape index (κ3) is 3.27. The number of likely N-dealkylation sites (tertiary alicyclic amines) is 1. The maximum Gasteiger partial charge on any atom is 0.253 e. The highest BCUT2D eigenvalue weighted by atomic mass is 16.6. The van der Waals surface area contributed by atoms with Gasteiger partial charge < -0.3 is 19.5 Å². The van der Waals surface area contributed by atoms with Crippen LogP contribution in [0, 0.1) is 0 Å². The molecule has 0 saturated carbocycles. The first kappa shape index (κ1) is 15.8. The molecule has 1 N–H and O–H groups in total. The number of carbonyl (C=O) groups is 1. The van der Waals surface area contributed by atoms with Crippen LogP contribution in [0.1, 0.15) is 34.7 Å². The minimum atomic E-state index is 0.0427. The number of amides is 1. The molecule has 1 saturated heterocycles. The summed E-state index contributed by atoms with van der Waals surface area (Å²) in [5.74, 6) is 2.12. The number of nitrogens with zero attached hydrogens (tertiary/aromatic N) is 1. The molecule has 0 unspecified atom stereocenters. The molecule has 0 aromatic heterocycles. The van der Waals surface area contributed by atoms with Crippen molar-refractivity contribution in [1.29, 1.82) is 0 Å². The van der Waals surface area contributed by atoms with Gasteiger partial charge >= 0.3 is 0 Å². The molecule has 0 atom stereocenters. The standard InChI is InChI=1S/C20H21NO4/c22-17-4-1-14(2-5-17)15-7-9-21(10-8-15)20(23)16-3-6-18-19(13-16)25-12-11-24-18/h1-6,13,15,22H,7-12H2. The summed E-state index contributed by atoms with van der Waals surface area (Å²) in [5, 5.41) is 9.41. The van der Waals surface area contributed by atoms with Crippen molar-refractivity contribution in [2.75, 3.05) is 26.3 Å². The van der Waals surface area contributed by atoms with Crippen LogP contribution in [-0.2, 0) is 0 Å². The first-order valence-corrected chi connectivity index (χ1v) is 8.68. The van der Waals surface area contributed by atoms with Crippen LogP contribution in [0.15, 0.2) is 42.5 Å². The number of benzene rings is 2. The summed E-state index contributed by atoms with van der Waals surface area (Å²) in [6, 6.07) is 12.8. The van der Waals surface area contributed by atoms with Gasteiger partial charge in [-0.1, -0.05) is 12.1 Å². The van der Waals surface area contributed by atoms with Gasteiger partial charge in [-0.25, -0.2) is 0 Å². The van der Waals surface area contributed by atoms with Gasteiger partial charge in [-0.3, -0.25) is 4.79 Å². The van der Waals surface area contributed by atoms with Crippen molar-refractivity contribution in [3.63, 3.8) is 0 Å². The number of hydrogen-bond acceptors (Lipinski definition) is 4. The highest BCUT2D eigenvalue weighted by Crippen LogP contribution is 2.33. The molecule has 2 aromatic rings. The maximum absolute atomic E-state index is 12.8. The van der Waals surface area contributed by atoms with E-state index >= 15 is 0 Å². The molecule has 0 aliphatic carbocycles. The fraction of sp³-hybridized carbons (Fsp3) is 0.350. The second-order valence-corrected chi connectivity index (χ2v) is 6.52. The minimum absolute atomic E-state index is 0.0427. The number of phenolic OH excluding ortho intramolecular Hbond substituents is 1. The SMILES string of the molecule is O=C(c1ccc2c(c1)OCCO2)N1CCC(c2ccc(O)cc2)CC1. The Hall–Kier alpha value is -2.69. The van der Waals surface area contributed by atoms with Gasteiger partial charge in [0, 0.05) is 18.7 Å². The Kier molecular flexibility index (Phi) is 4.22. The van der Waals surface area contributed by atoms with Gasteiger partial charge in [-0.05, 0) is 54.7 Å². The zero-order valence-corrected chi connectivity index (χ0v) is 14.0. The van der Waals surface area contributed by atoms with E-state index in [1.54, 1.807) is 18.2 Å². The van der Waals surface area contributed by atoms with Gasteiger partial charge in [-0.15, -0.1) is 0 Å². The zero-order valence-electron chi connectivity index (χ0n) is 14.0. The predicted molar refractivity (Wildman–Crippen MR) is 93.4 cm³/mol. The maximum atomic E-state index is 12.8. The second kappa shape index (κ2) is 6.67. The largest absolute Gasteiger partial charge is 0.508 e. The molecule has 5 heteroatoms. The fourth-order valence-corrected chi connectivity index (χ4v) is 3.52. The molecule has 130 valence electrons. The number of hydrogen-bond donors (Lipinski definition) is 1. The van der Waals surface area contributed by atoms with Gasteiger partial charge in [0.15, 0.2) is 11.5 Å². The Morgan fingerprint density at radius 3 is 2.36 bits per heavy atom. The van der Waals surface area contributed by atoms with Crippen LogP contribution in [0.25, 0.3) is 0 Å². The molecule has 0 spiro atoms. The summed E-state index contributed by atoms with van der Waals surface area (Å²) in [6.07, 6.45) is 1.86. The number of ether oxygens (including phenoxy) is 2. The minimum Gasteiger partial charge on any atom is -0.508 e. The average Bonchev–Trinajstić information content (AvgIpc) is 2.68. The monoisotopic (exact) mass is 339 g/mol. The third-order valence-corrected chi connectivity index (χ3v) is 4.94. The van der Waals surface area contributed by atoms with Gasteiger partial charge in [0.05, 0.1) is 0 Å². The summed E-state index contributed by atoms with van der Waals surface area (Å²) in [5.41, 5.74) is 1.87. The van der Waals surface area contributed by atoms with E-state index in [-0.39, 0.29) is 11.7 Å².